The van der Waals surface area contributed by atoms with Gasteiger partial charge < -0.3 is 13.6 Å². The van der Waals surface area contributed by atoms with Crippen LogP contribution in [0, 0.1) is 0 Å². The lowest BCUT2D eigenvalue weighted by atomic mass is 10.0. The summed E-state index contributed by atoms with van der Waals surface area (Å²) in [6, 6.07) is 25.6. The van der Waals surface area contributed by atoms with E-state index in [1.165, 1.54) is 152 Å². The molecule has 0 heterocycles. The molecule has 0 aromatic heterocycles. The van der Waals surface area contributed by atoms with Crippen LogP contribution in [0.25, 0.3) is 0 Å². The minimum atomic E-state index is -1.70. The molecule has 3 rings (SSSR count). The number of unbranched alkanes of at least 4 members (excludes halogenated alkanes) is 18. The van der Waals surface area contributed by atoms with Crippen LogP contribution in [-0.4, -0.2) is 0 Å². The van der Waals surface area contributed by atoms with E-state index < -0.39 is 8.60 Å². The Balaban J connectivity index is 1.61. The lowest BCUT2D eigenvalue weighted by Crippen LogP contribution is -2.03. The third-order valence-corrected chi connectivity index (χ3v) is 10.5. The molecule has 3 aromatic rings. The summed E-state index contributed by atoms with van der Waals surface area (Å²) in [5.74, 6) is 2.43. The summed E-state index contributed by atoms with van der Waals surface area (Å²) in [4.78, 5) is 0. The van der Waals surface area contributed by atoms with Gasteiger partial charge in [-0.2, -0.15) is 0 Å². The molecule has 0 fully saturated rings. The molecular formula is C45H69O3P. The van der Waals surface area contributed by atoms with Gasteiger partial charge in [0.15, 0.2) is 0 Å². The molecule has 0 atom stereocenters. The number of rotatable bonds is 30. The van der Waals surface area contributed by atoms with Crippen LogP contribution in [0.1, 0.15) is 172 Å². The van der Waals surface area contributed by atoms with Crippen molar-refractivity contribution in [3.05, 3.63) is 89.5 Å². The Bertz CT molecular complexity index is 1080. The highest BCUT2D eigenvalue weighted by atomic mass is 31.2. The molecule has 0 saturated carbocycles. The summed E-state index contributed by atoms with van der Waals surface area (Å²) < 4.78 is 19.6. The molecule has 49 heavy (non-hydrogen) atoms. The molecule has 0 amide bonds. The van der Waals surface area contributed by atoms with Crippen molar-refractivity contribution < 1.29 is 13.6 Å². The second-order valence-electron chi connectivity index (χ2n) is 14.1. The monoisotopic (exact) mass is 688 g/mol. The summed E-state index contributed by atoms with van der Waals surface area (Å²) >= 11 is 0. The molecule has 0 spiro atoms. The Kier molecular flexibility index (Phi) is 22.7. The third kappa shape index (κ3) is 19.5. The largest absolute Gasteiger partial charge is 0.530 e. The summed E-state index contributed by atoms with van der Waals surface area (Å²) in [6.07, 6.45) is 30.9. The molecule has 3 aromatic carbocycles. The zero-order valence-corrected chi connectivity index (χ0v) is 32.5. The first-order chi connectivity index (χ1) is 24.2. The Labute approximate surface area is 302 Å². The molecule has 0 radical (unpaired) electrons. The van der Waals surface area contributed by atoms with Crippen molar-refractivity contribution in [2.75, 3.05) is 0 Å². The maximum Gasteiger partial charge on any atom is 0.530 e. The van der Waals surface area contributed by atoms with Crippen LogP contribution in [0.5, 0.6) is 17.2 Å². The van der Waals surface area contributed by atoms with Gasteiger partial charge in [-0.25, -0.2) is 0 Å². The van der Waals surface area contributed by atoms with Crippen molar-refractivity contribution in [2.24, 2.45) is 0 Å². The molecule has 0 aliphatic carbocycles. The first-order valence-electron chi connectivity index (χ1n) is 20.3. The van der Waals surface area contributed by atoms with Crippen LogP contribution >= 0.6 is 8.60 Å². The van der Waals surface area contributed by atoms with Crippen molar-refractivity contribution in [3.8, 4) is 17.2 Å². The minimum Gasteiger partial charge on any atom is -0.408 e. The van der Waals surface area contributed by atoms with Crippen LogP contribution < -0.4 is 13.6 Å². The van der Waals surface area contributed by atoms with Crippen molar-refractivity contribution >= 4 is 8.60 Å². The van der Waals surface area contributed by atoms with E-state index in [1.807, 2.05) is 18.2 Å². The highest BCUT2D eigenvalue weighted by Crippen LogP contribution is 2.43. The third-order valence-electron chi connectivity index (χ3n) is 9.44. The van der Waals surface area contributed by atoms with Crippen molar-refractivity contribution in [1.29, 1.82) is 0 Å². The number of hydrogen-bond donors (Lipinski definition) is 0. The quantitative estimate of drug-likeness (QED) is 0.0515. The molecule has 0 unspecified atom stereocenters. The molecule has 0 bridgehead atoms. The van der Waals surface area contributed by atoms with E-state index in [-0.39, 0.29) is 0 Å². The Morgan fingerprint density at radius 1 is 0.347 bits per heavy atom. The Hall–Kier alpha value is -2.51. The van der Waals surface area contributed by atoms with E-state index in [1.54, 1.807) is 0 Å². The highest BCUT2D eigenvalue weighted by Gasteiger charge is 2.20. The minimum absolute atomic E-state index is 0.810. The highest BCUT2D eigenvalue weighted by molar-refractivity contribution is 7.43. The summed E-state index contributed by atoms with van der Waals surface area (Å²) in [7, 11) is -1.70. The van der Waals surface area contributed by atoms with Gasteiger partial charge in [-0.1, -0.05) is 173 Å². The first kappa shape index (κ1) is 40.9. The molecule has 0 aliphatic rings. The summed E-state index contributed by atoms with van der Waals surface area (Å²) in [6.45, 7) is 6.84. The molecule has 0 saturated heterocycles. The molecule has 272 valence electrons. The first-order valence-corrected chi connectivity index (χ1v) is 21.4. The van der Waals surface area contributed by atoms with Gasteiger partial charge >= 0.3 is 8.60 Å². The average Bonchev–Trinajstić information content (AvgIpc) is 3.11. The van der Waals surface area contributed by atoms with E-state index in [9.17, 15) is 0 Å². The van der Waals surface area contributed by atoms with Crippen LogP contribution in [0.2, 0.25) is 0 Å². The standard InChI is InChI=1S/C45H69O3P/c1-4-7-10-13-16-19-22-28-40-31-25-34-43(37-40)46-49(47-44-35-26-32-41(38-44)29-23-20-17-14-11-8-5-2)48-45-36-27-33-42(39-45)30-24-21-18-15-12-9-6-3/h25-27,31-39H,4-24,28-30H2,1-3H3. The van der Waals surface area contributed by atoms with Gasteiger partial charge in [0, 0.05) is 0 Å². The zero-order chi connectivity index (χ0) is 34.6. The van der Waals surface area contributed by atoms with Gasteiger partial charge in [0.05, 0.1) is 0 Å². The Morgan fingerprint density at radius 2 is 0.612 bits per heavy atom. The maximum absolute atomic E-state index is 6.53. The van der Waals surface area contributed by atoms with Gasteiger partial charge in [-0.15, -0.1) is 0 Å². The van der Waals surface area contributed by atoms with E-state index in [4.69, 9.17) is 13.6 Å². The van der Waals surface area contributed by atoms with Crippen molar-refractivity contribution in [3.63, 3.8) is 0 Å². The molecule has 4 heteroatoms. The molecule has 0 N–H and O–H groups in total. The second kappa shape index (κ2) is 27.2. The smallest absolute Gasteiger partial charge is 0.408 e. The predicted octanol–water partition coefficient (Wildman–Crippen LogP) is 15.3. The van der Waals surface area contributed by atoms with E-state index in [0.29, 0.717) is 0 Å². The fourth-order valence-corrected chi connectivity index (χ4v) is 7.42. The topological polar surface area (TPSA) is 27.7 Å². The van der Waals surface area contributed by atoms with Crippen LogP contribution in [0.4, 0.5) is 0 Å². The summed E-state index contributed by atoms with van der Waals surface area (Å²) in [5.41, 5.74) is 3.94. The van der Waals surface area contributed by atoms with Crippen LogP contribution in [0.15, 0.2) is 72.8 Å². The van der Waals surface area contributed by atoms with E-state index in [0.717, 1.165) is 36.5 Å². The van der Waals surface area contributed by atoms with E-state index in [2.05, 4.69) is 75.4 Å². The van der Waals surface area contributed by atoms with Crippen molar-refractivity contribution in [1.82, 2.24) is 0 Å². The number of hydrogen-bond acceptors (Lipinski definition) is 3. The van der Waals surface area contributed by atoms with Gasteiger partial charge in [-0.05, 0) is 91.6 Å². The fraction of sp³-hybridized carbons (Fsp3) is 0.600. The SMILES string of the molecule is CCCCCCCCCc1cccc(OP(Oc2cccc(CCCCCCCCC)c2)Oc2cccc(CCCCCCCCC)c2)c1. The molecular weight excluding hydrogens is 619 g/mol. The normalized spacial score (nSPS) is 11.3. The lowest BCUT2D eigenvalue weighted by molar-refractivity contribution is 0.387. The second-order valence-corrected chi connectivity index (χ2v) is 15.0. The predicted molar refractivity (Wildman–Crippen MR) is 213 cm³/mol. The van der Waals surface area contributed by atoms with Crippen LogP contribution in [-0.2, 0) is 19.3 Å². The lowest BCUT2D eigenvalue weighted by Gasteiger charge is -2.19. The fourth-order valence-electron chi connectivity index (χ4n) is 6.45. The number of benzene rings is 3. The van der Waals surface area contributed by atoms with Crippen LogP contribution in [0.3, 0.4) is 0 Å². The Morgan fingerprint density at radius 3 is 0.898 bits per heavy atom. The van der Waals surface area contributed by atoms with Gasteiger partial charge in [0.2, 0.25) is 0 Å². The maximum atomic E-state index is 6.53. The molecule has 0 aliphatic heterocycles. The van der Waals surface area contributed by atoms with E-state index >= 15 is 0 Å². The zero-order valence-electron chi connectivity index (χ0n) is 31.6. The van der Waals surface area contributed by atoms with Gasteiger partial charge in [0.25, 0.3) is 0 Å². The number of aryl methyl sites for hydroxylation is 3. The molecule has 3 nitrogen and oxygen atoms in total. The van der Waals surface area contributed by atoms with Crippen molar-refractivity contribution in [2.45, 2.75) is 175 Å². The average molecular weight is 689 g/mol. The van der Waals surface area contributed by atoms with Gasteiger partial charge in [-0.3, -0.25) is 0 Å². The van der Waals surface area contributed by atoms with Gasteiger partial charge in [0.1, 0.15) is 17.2 Å². The summed E-state index contributed by atoms with van der Waals surface area (Å²) in [5, 5.41) is 0.